The maximum Gasteiger partial charge on any atom is 0.326 e. The fourth-order valence-electron chi connectivity index (χ4n) is 3.07. The van der Waals surface area contributed by atoms with Crippen molar-refractivity contribution in [1.82, 2.24) is 5.32 Å². The number of sulfone groups is 1. The molecule has 5 nitrogen and oxygen atoms in total. The van der Waals surface area contributed by atoms with Gasteiger partial charge in [-0.25, -0.2) is 8.42 Å². The Morgan fingerprint density at radius 2 is 2.06 bits per heavy atom. The molecular formula is C12H21NO4S. The second-order valence-corrected chi connectivity index (χ2v) is 7.71. The molecule has 2 fully saturated rings. The summed E-state index contributed by atoms with van der Waals surface area (Å²) in [7, 11) is -1.42. The van der Waals surface area contributed by atoms with E-state index < -0.39 is 15.4 Å². The molecule has 0 aliphatic carbocycles. The minimum Gasteiger partial charge on any atom is -0.468 e. The first-order valence-electron chi connectivity index (χ1n) is 6.51. The maximum atomic E-state index is 11.9. The first kappa shape index (κ1) is 13.8. The number of hydrogen-bond donors (Lipinski definition) is 1. The van der Waals surface area contributed by atoms with Crippen LogP contribution in [0, 0.1) is 5.92 Å². The first-order valence-corrected chi connectivity index (χ1v) is 8.33. The third-order valence-corrected chi connectivity index (χ3v) is 5.85. The highest BCUT2D eigenvalue weighted by atomic mass is 32.2. The molecule has 0 aromatic carbocycles. The van der Waals surface area contributed by atoms with Gasteiger partial charge in [-0.05, 0) is 44.6 Å². The summed E-state index contributed by atoms with van der Waals surface area (Å²) in [5.41, 5.74) is -0.569. The SMILES string of the molecule is COC(=O)C1(CC2CCS(=O)(=O)CC2)CCCN1. The van der Waals surface area contributed by atoms with Gasteiger partial charge in [0.05, 0.1) is 18.6 Å². The van der Waals surface area contributed by atoms with Crippen LogP contribution in [0.4, 0.5) is 0 Å². The Morgan fingerprint density at radius 1 is 1.39 bits per heavy atom. The minimum atomic E-state index is -2.83. The van der Waals surface area contributed by atoms with Crippen molar-refractivity contribution in [2.24, 2.45) is 5.92 Å². The molecule has 0 aromatic rings. The molecule has 0 bridgehead atoms. The predicted molar refractivity (Wildman–Crippen MR) is 68.0 cm³/mol. The number of nitrogens with one attached hydrogen (secondary N) is 1. The van der Waals surface area contributed by atoms with Gasteiger partial charge >= 0.3 is 5.97 Å². The standard InChI is InChI=1S/C12H21NO4S/c1-17-11(14)12(5-2-6-13-12)9-10-3-7-18(15,16)8-4-10/h10,13H,2-9H2,1H3. The lowest BCUT2D eigenvalue weighted by molar-refractivity contribution is -0.148. The molecule has 2 heterocycles. The monoisotopic (exact) mass is 275 g/mol. The third-order valence-electron chi connectivity index (χ3n) is 4.13. The fourth-order valence-corrected chi connectivity index (χ4v) is 4.66. The molecule has 0 saturated carbocycles. The lowest BCUT2D eigenvalue weighted by atomic mass is 9.83. The van der Waals surface area contributed by atoms with Gasteiger partial charge in [0.1, 0.15) is 15.4 Å². The fraction of sp³-hybridized carbons (Fsp3) is 0.917. The van der Waals surface area contributed by atoms with Crippen LogP contribution in [0.3, 0.4) is 0 Å². The number of hydrogen-bond acceptors (Lipinski definition) is 5. The zero-order valence-corrected chi connectivity index (χ0v) is 11.6. The Labute approximate surface area is 108 Å². The van der Waals surface area contributed by atoms with Crippen LogP contribution in [0.1, 0.15) is 32.1 Å². The van der Waals surface area contributed by atoms with Crippen LogP contribution in [0.2, 0.25) is 0 Å². The maximum absolute atomic E-state index is 11.9. The molecule has 104 valence electrons. The van der Waals surface area contributed by atoms with Gasteiger partial charge in [0.25, 0.3) is 0 Å². The highest BCUT2D eigenvalue weighted by molar-refractivity contribution is 7.91. The average Bonchev–Trinajstić information content (AvgIpc) is 2.81. The summed E-state index contributed by atoms with van der Waals surface area (Å²) in [5.74, 6) is 0.621. The summed E-state index contributed by atoms with van der Waals surface area (Å²) in [4.78, 5) is 11.9. The number of ether oxygens (including phenoxy) is 1. The molecule has 6 heteroatoms. The molecule has 2 saturated heterocycles. The molecule has 1 N–H and O–H groups in total. The lowest BCUT2D eigenvalue weighted by Gasteiger charge is -2.32. The van der Waals surface area contributed by atoms with Crippen molar-refractivity contribution in [2.75, 3.05) is 25.2 Å². The summed E-state index contributed by atoms with van der Waals surface area (Å²) in [6, 6.07) is 0. The zero-order chi connectivity index (χ0) is 13.2. The van der Waals surface area contributed by atoms with Crippen molar-refractivity contribution < 1.29 is 17.9 Å². The Morgan fingerprint density at radius 3 is 2.56 bits per heavy atom. The van der Waals surface area contributed by atoms with Crippen molar-refractivity contribution in [1.29, 1.82) is 0 Å². The second-order valence-electron chi connectivity index (χ2n) is 5.40. The summed E-state index contributed by atoms with van der Waals surface area (Å²) < 4.78 is 27.7. The van der Waals surface area contributed by atoms with E-state index in [1.165, 1.54) is 7.11 Å². The average molecular weight is 275 g/mol. The zero-order valence-electron chi connectivity index (χ0n) is 10.8. The van der Waals surface area contributed by atoms with Crippen LogP contribution >= 0.6 is 0 Å². The Kier molecular flexibility index (Phi) is 3.96. The topological polar surface area (TPSA) is 72.5 Å². The van der Waals surface area contributed by atoms with Gasteiger partial charge in [-0.2, -0.15) is 0 Å². The number of carbonyl (C=O) groups excluding carboxylic acids is 1. The van der Waals surface area contributed by atoms with Gasteiger partial charge in [0.15, 0.2) is 0 Å². The van der Waals surface area contributed by atoms with Gasteiger partial charge in [0, 0.05) is 0 Å². The molecule has 0 aromatic heterocycles. The molecule has 2 aliphatic rings. The van der Waals surface area contributed by atoms with E-state index in [2.05, 4.69) is 5.32 Å². The molecule has 0 spiro atoms. The molecule has 2 aliphatic heterocycles. The van der Waals surface area contributed by atoms with Crippen LogP contribution in [0.25, 0.3) is 0 Å². The van der Waals surface area contributed by atoms with Crippen molar-refractivity contribution in [3.8, 4) is 0 Å². The highest BCUT2D eigenvalue weighted by Gasteiger charge is 2.44. The second kappa shape index (κ2) is 5.17. The molecule has 0 amide bonds. The quantitative estimate of drug-likeness (QED) is 0.759. The van der Waals surface area contributed by atoms with Crippen LogP contribution in [-0.2, 0) is 19.4 Å². The van der Waals surface area contributed by atoms with E-state index >= 15 is 0 Å². The summed E-state index contributed by atoms with van der Waals surface area (Å²) in [6.07, 6.45) is 3.81. The van der Waals surface area contributed by atoms with Crippen LogP contribution < -0.4 is 5.32 Å². The van der Waals surface area contributed by atoms with Crippen LogP contribution in [0.5, 0.6) is 0 Å². The van der Waals surface area contributed by atoms with Crippen LogP contribution in [0.15, 0.2) is 0 Å². The van der Waals surface area contributed by atoms with Crippen molar-refractivity contribution in [3.05, 3.63) is 0 Å². The van der Waals surface area contributed by atoms with Crippen molar-refractivity contribution in [3.63, 3.8) is 0 Å². The van der Waals surface area contributed by atoms with E-state index in [1.807, 2.05) is 0 Å². The van der Waals surface area contributed by atoms with E-state index in [9.17, 15) is 13.2 Å². The predicted octanol–water partition coefficient (Wildman–Crippen LogP) is 0.496. The molecular weight excluding hydrogens is 254 g/mol. The van der Waals surface area contributed by atoms with Gasteiger partial charge in [-0.3, -0.25) is 4.79 Å². The van der Waals surface area contributed by atoms with E-state index in [1.54, 1.807) is 0 Å². The normalized spacial score (nSPS) is 32.3. The van der Waals surface area contributed by atoms with E-state index in [0.717, 1.165) is 19.4 Å². The van der Waals surface area contributed by atoms with Crippen molar-refractivity contribution in [2.45, 2.75) is 37.6 Å². The lowest BCUT2D eigenvalue weighted by Crippen LogP contribution is -2.50. The summed E-state index contributed by atoms with van der Waals surface area (Å²) in [6.45, 7) is 0.833. The van der Waals surface area contributed by atoms with Crippen LogP contribution in [-0.4, -0.2) is 45.1 Å². The highest BCUT2D eigenvalue weighted by Crippen LogP contribution is 2.33. The molecule has 2 rings (SSSR count). The molecule has 1 atom stereocenters. The molecule has 1 unspecified atom stereocenters. The minimum absolute atomic E-state index is 0.201. The van der Waals surface area contributed by atoms with Gasteiger partial charge in [-0.15, -0.1) is 0 Å². The van der Waals surface area contributed by atoms with Gasteiger partial charge < -0.3 is 10.1 Å². The number of esters is 1. The smallest absolute Gasteiger partial charge is 0.326 e. The van der Waals surface area contributed by atoms with Gasteiger partial charge in [0.2, 0.25) is 0 Å². The number of methoxy groups -OCH3 is 1. The van der Waals surface area contributed by atoms with Crippen molar-refractivity contribution >= 4 is 15.8 Å². The Hall–Kier alpha value is -0.620. The van der Waals surface area contributed by atoms with E-state index in [0.29, 0.717) is 25.2 Å². The third kappa shape index (κ3) is 2.85. The summed E-state index contributed by atoms with van der Waals surface area (Å²) >= 11 is 0. The number of rotatable bonds is 3. The number of carbonyl (C=O) groups is 1. The Balaban J connectivity index is 2.00. The van der Waals surface area contributed by atoms with E-state index in [-0.39, 0.29) is 17.5 Å². The molecule has 18 heavy (non-hydrogen) atoms. The largest absolute Gasteiger partial charge is 0.468 e. The molecule has 0 radical (unpaired) electrons. The van der Waals surface area contributed by atoms with Gasteiger partial charge in [-0.1, -0.05) is 0 Å². The Bertz CT molecular complexity index is 398. The summed E-state index contributed by atoms with van der Waals surface area (Å²) in [5, 5.41) is 3.26. The first-order chi connectivity index (χ1) is 8.47. The van der Waals surface area contributed by atoms with E-state index in [4.69, 9.17) is 4.74 Å².